The standard InChI is InChI=1S/C16H13ClFN3O2S/c1-8-12(16(22)23-2)13(10-4-3-9(18)7-11(10)17)21-14(20-8)15-19-5-6-24-15/h3-7,13H,1-2H3,(H,20,21). The molecule has 124 valence electrons. The van der Waals surface area contributed by atoms with Crippen LogP contribution in [0, 0.1) is 5.82 Å². The lowest BCUT2D eigenvalue weighted by Gasteiger charge is -2.25. The summed E-state index contributed by atoms with van der Waals surface area (Å²) in [6.07, 6.45) is 1.67. The molecular formula is C16H13ClFN3O2S. The van der Waals surface area contributed by atoms with E-state index >= 15 is 0 Å². The molecular weight excluding hydrogens is 353 g/mol. The van der Waals surface area contributed by atoms with E-state index in [-0.39, 0.29) is 5.02 Å². The molecule has 1 aromatic carbocycles. The van der Waals surface area contributed by atoms with E-state index in [1.54, 1.807) is 13.1 Å². The molecule has 1 atom stereocenters. The fourth-order valence-electron chi connectivity index (χ4n) is 2.45. The number of nitrogens with zero attached hydrogens (tertiary/aromatic N) is 2. The van der Waals surface area contributed by atoms with Gasteiger partial charge in [-0.3, -0.25) is 4.99 Å². The average molecular weight is 366 g/mol. The summed E-state index contributed by atoms with van der Waals surface area (Å²) in [7, 11) is 1.30. The minimum absolute atomic E-state index is 0.193. The Labute approximate surface area is 146 Å². The van der Waals surface area contributed by atoms with Gasteiger partial charge in [0.05, 0.1) is 12.7 Å². The van der Waals surface area contributed by atoms with Crippen molar-refractivity contribution in [1.29, 1.82) is 0 Å². The maximum Gasteiger partial charge on any atom is 0.338 e. The number of aromatic nitrogens is 1. The topological polar surface area (TPSA) is 63.6 Å². The predicted octanol–water partition coefficient (Wildman–Crippen LogP) is 3.47. The van der Waals surface area contributed by atoms with Gasteiger partial charge in [-0.05, 0) is 19.1 Å². The molecule has 2 aromatic rings. The number of allylic oxidation sites excluding steroid dienone is 1. The number of amidine groups is 1. The molecule has 0 radical (unpaired) electrons. The Morgan fingerprint density at radius 2 is 2.25 bits per heavy atom. The van der Waals surface area contributed by atoms with Crippen LogP contribution in [0.3, 0.4) is 0 Å². The minimum Gasteiger partial charge on any atom is -0.466 e. The van der Waals surface area contributed by atoms with E-state index in [0.29, 0.717) is 27.7 Å². The summed E-state index contributed by atoms with van der Waals surface area (Å²) < 4.78 is 18.2. The molecule has 0 amide bonds. The molecule has 3 rings (SSSR count). The molecule has 1 aliphatic rings. The third-order valence-electron chi connectivity index (χ3n) is 3.54. The first kappa shape index (κ1) is 16.6. The average Bonchev–Trinajstić information content (AvgIpc) is 3.08. The van der Waals surface area contributed by atoms with E-state index < -0.39 is 17.8 Å². The molecule has 0 spiro atoms. The molecule has 1 aliphatic heterocycles. The number of carbonyl (C=O) groups excluding carboxylic acids is 1. The highest BCUT2D eigenvalue weighted by molar-refractivity contribution is 7.11. The van der Waals surface area contributed by atoms with Gasteiger partial charge in [-0.25, -0.2) is 14.2 Å². The molecule has 5 nitrogen and oxygen atoms in total. The van der Waals surface area contributed by atoms with Crippen molar-refractivity contribution >= 4 is 34.7 Å². The van der Waals surface area contributed by atoms with E-state index in [1.807, 2.05) is 5.38 Å². The van der Waals surface area contributed by atoms with Crippen molar-refractivity contribution in [2.75, 3.05) is 7.11 Å². The number of ether oxygens (including phenoxy) is 1. The first-order valence-corrected chi connectivity index (χ1v) is 8.25. The van der Waals surface area contributed by atoms with Crippen LogP contribution < -0.4 is 5.32 Å². The second kappa shape index (κ2) is 6.70. The lowest BCUT2D eigenvalue weighted by atomic mass is 9.96. The van der Waals surface area contributed by atoms with Gasteiger partial charge >= 0.3 is 5.97 Å². The summed E-state index contributed by atoms with van der Waals surface area (Å²) in [6.45, 7) is 1.75. The zero-order valence-electron chi connectivity index (χ0n) is 12.8. The molecule has 0 saturated heterocycles. The van der Waals surface area contributed by atoms with Crippen LogP contribution in [0.2, 0.25) is 5.02 Å². The van der Waals surface area contributed by atoms with Gasteiger partial charge in [0.25, 0.3) is 0 Å². The Kier molecular flexibility index (Phi) is 4.64. The second-order valence-corrected chi connectivity index (χ2v) is 6.34. The third kappa shape index (κ3) is 3.05. The predicted molar refractivity (Wildman–Crippen MR) is 90.7 cm³/mol. The summed E-state index contributed by atoms with van der Waals surface area (Å²) in [5.41, 5.74) is 1.44. The van der Waals surface area contributed by atoms with Gasteiger partial charge in [0, 0.05) is 27.9 Å². The van der Waals surface area contributed by atoms with Crippen molar-refractivity contribution in [2.24, 2.45) is 4.99 Å². The molecule has 1 N–H and O–H groups in total. The number of aliphatic imine (C=N–C) groups is 1. The quantitative estimate of drug-likeness (QED) is 0.846. The molecule has 0 aliphatic carbocycles. The van der Waals surface area contributed by atoms with Gasteiger partial charge < -0.3 is 10.1 Å². The number of methoxy groups -OCH3 is 1. The number of hydrogen-bond donors (Lipinski definition) is 1. The summed E-state index contributed by atoms with van der Waals surface area (Å²) >= 11 is 7.59. The maximum absolute atomic E-state index is 13.4. The van der Waals surface area contributed by atoms with Crippen LogP contribution in [0.4, 0.5) is 4.39 Å². The summed E-state index contributed by atoms with van der Waals surface area (Å²) in [5, 5.41) is 5.78. The first-order chi connectivity index (χ1) is 11.5. The van der Waals surface area contributed by atoms with Crippen molar-refractivity contribution in [3.8, 4) is 0 Å². The van der Waals surface area contributed by atoms with Crippen LogP contribution in [0.1, 0.15) is 23.5 Å². The van der Waals surface area contributed by atoms with Crippen molar-refractivity contribution in [3.05, 3.63) is 62.5 Å². The number of nitrogens with one attached hydrogen (secondary N) is 1. The first-order valence-electron chi connectivity index (χ1n) is 7.00. The zero-order chi connectivity index (χ0) is 17.3. The minimum atomic E-state index is -0.703. The van der Waals surface area contributed by atoms with Gasteiger partial charge in [-0.15, -0.1) is 11.3 Å². The fourth-order valence-corrected chi connectivity index (χ4v) is 3.31. The highest BCUT2D eigenvalue weighted by atomic mass is 35.5. The number of halogens is 2. The van der Waals surface area contributed by atoms with Gasteiger partial charge in [-0.2, -0.15) is 0 Å². The van der Waals surface area contributed by atoms with Crippen molar-refractivity contribution in [3.63, 3.8) is 0 Å². The van der Waals surface area contributed by atoms with E-state index in [1.165, 1.54) is 36.6 Å². The van der Waals surface area contributed by atoms with Crippen LogP contribution in [0.25, 0.3) is 0 Å². The molecule has 0 saturated carbocycles. The Hall–Kier alpha value is -2.25. The zero-order valence-corrected chi connectivity index (χ0v) is 14.4. The molecule has 0 bridgehead atoms. The molecule has 1 aromatic heterocycles. The van der Waals surface area contributed by atoms with Crippen molar-refractivity contribution < 1.29 is 13.9 Å². The molecule has 1 unspecified atom stereocenters. The smallest absolute Gasteiger partial charge is 0.338 e. The van der Waals surface area contributed by atoms with Crippen LogP contribution in [-0.2, 0) is 9.53 Å². The molecule has 24 heavy (non-hydrogen) atoms. The van der Waals surface area contributed by atoms with E-state index in [4.69, 9.17) is 16.3 Å². The van der Waals surface area contributed by atoms with E-state index in [9.17, 15) is 9.18 Å². The van der Waals surface area contributed by atoms with Gasteiger partial charge in [0.1, 0.15) is 11.9 Å². The highest BCUT2D eigenvalue weighted by Crippen LogP contribution is 2.36. The number of benzene rings is 1. The largest absolute Gasteiger partial charge is 0.466 e. The Balaban J connectivity index is 2.14. The van der Waals surface area contributed by atoms with Gasteiger partial charge in [-0.1, -0.05) is 17.7 Å². The summed E-state index contributed by atoms with van der Waals surface area (Å²) in [5.74, 6) is -0.449. The number of rotatable bonds is 3. The molecule has 8 heteroatoms. The summed E-state index contributed by atoms with van der Waals surface area (Å²) in [6, 6.07) is 3.30. The number of thiazole rings is 1. The number of carbonyl (C=O) groups is 1. The number of hydrogen-bond acceptors (Lipinski definition) is 6. The van der Waals surface area contributed by atoms with E-state index in [2.05, 4.69) is 15.3 Å². The van der Waals surface area contributed by atoms with Gasteiger partial charge in [0.15, 0.2) is 10.8 Å². The Bertz CT molecular complexity index is 849. The van der Waals surface area contributed by atoms with Gasteiger partial charge in [0.2, 0.25) is 0 Å². The maximum atomic E-state index is 13.4. The lowest BCUT2D eigenvalue weighted by molar-refractivity contribution is -0.136. The lowest BCUT2D eigenvalue weighted by Crippen LogP contribution is -2.32. The monoisotopic (exact) mass is 365 g/mol. The van der Waals surface area contributed by atoms with Crippen LogP contribution in [-0.4, -0.2) is 23.9 Å². The Morgan fingerprint density at radius 3 is 2.88 bits per heavy atom. The SMILES string of the molecule is COC(=O)C1=C(C)NC(c2nccs2)=NC1c1ccc(F)cc1Cl. The van der Waals surface area contributed by atoms with E-state index in [0.717, 1.165) is 0 Å². The number of esters is 1. The summed E-state index contributed by atoms with van der Waals surface area (Å²) in [4.78, 5) is 21.0. The second-order valence-electron chi connectivity index (χ2n) is 5.04. The highest BCUT2D eigenvalue weighted by Gasteiger charge is 2.32. The van der Waals surface area contributed by atoms with Crippen molar-refractivity contribution in [2.45, 2.75) is 13.0 Å². The Morgan fingerprint density at radius 1 is 1.46 bits per heavy atom. The molecule has 2 heterocycles. The van der Waals surface area contributed by atoms with Crippen LogP contribution in [0.15, 0.2) is 46.0 Å². The van der Waals surface area contributed by atoms with Crippen LogP contribution in [0.5, 0.6) is 0 Å². The normalized spacial score (nSPS) is 17.3. The fraction of sp³-hybridized carbons (Fsp3) is 0.188. The van der Waals surface area contributed by atoms with Crippen molar-refractivity contribution in [1.82, 2.24) is 10.3 Å². The van der Waals surface area contributed by atoms with Crippen LogP contribution >= 0.6 is 22.9 Å². The third-order valence-corrected chi connectivity index (χ3v) is 4.65. The molecule has 0 fully saturated rings.